The van der Waals surface area contributed by atoms with Crippen molar-refractivity contribution < 1.29 is 9.53 Å². The molecule has 0 radical (unpaired) electrons. The monoisotopic (exact) mass is 386 g/mol. The second kappa shape index (κ2) is 8.81. The van der Waals surface area contributed by atoms with E-state index < -0.39 is 0 Å². The predicted octanol–water partition coefficient (Wildman–Crippen LogP) is 3.69. The Balaban J connectivity index is 2.14. The molecule has 0 spiro atoms. The summed E-state index contributed by atoms with van der Waals surface area (Å²) in [4.78, 5) is 17.7. The topological polar surface area (TPSA) is 98.8 Å². The van der Waals surface area contributed by atoms with E-state index in [0.29, 0.717) is 27.8 Å². The number of ether oxygens (including phenoxy) is 1. The summed E-state index contributed by atoms with van der Waals surface area (Å²) in [5.41, 5.74) is 3.32. The van der Waals surface area contributed by atoms with Crippen LogP contribution in [0.2, 0.25) is 0 Å². The van der Waals surface area contributed by atoms with Gasteiger partial charge in [-0.25, -0.2) is 4.98 Å². The molecule has 0 aliphatic heterocycles. The van der Waals surface area contributed by atoms with Gasteiger partial charge >= 0.3 is 0 Å². The quantitative estimate of drug-likeness (QED) is 0.760. The Bertz CT molecular complexity index is 923. The fourth-order valence-corrected chi connectivity index (χ4v) is 4.25. The number of nitrogens with zero attached hydrogens (tertiary/aromatic N) is 3. The minimum Gasteiger partial charge on any atom is -0.380 e. The largest absolute Gasteiger partial charge is 0.380 e. The maximum Gasteiger partial charge on any atom is 0.235 e. The first-order chi connectivity index (χ1) is 12.4. The lowest BCUT2D eigenvalue weighted by Crippen LogP contribution is -2.14. The van der Waals surface area contributed by atoms with E-state index in [1.165, 1.54) is 23.1 Å². The summed E-state index contributed by atoms with van der Waals surface area (Å²) in [6.45, 7) is 5.92. The molecule has 0 aromatic carbocycles. The van der Waals surface area contributed by atoms with Crippen molar-refractivity contribution in [1.82, 2.24) is 4.98 Å². The summed E-state index contributed by atoms with van der Waals surface area (Å²) in [7, 11) is 1.56. The van der Waals surface area contributed by atoms with Crippen LogP contribution in [0, 0.1) is 43.4 Å². The molecule has 0 aliphatic carbocycles. The molecule has 1 N–H and O–H groups in total. The average Bonchev–Trinajstić information content (AvgIpc) is 2.86. The second-order valence-corrected chi connectivity index (χ2v) is 7.77. The molecule has 0 unspecified atom stereocenters. The normalized spacial score (nSPS) is 10.2. The molecule has 1 amide bonds. The van der Waals surface area contributed by atoms with E-state index in [0.717, 1.165) is 21.7 Å². The minimum atomic E-state index is -0.242. The van der Waals surface area contributed by atoms with Crippen LogP contribution >= 0.6 is 23.1 Å². The number of amides is 1. The SMILES string of the molecule is COCc1cc(C)nc(SCC(=O)Nc2sc(C)c(C)c2C#N)c1C#N. The summed E-state index contributed by atoms with van der Waals surface area (Å²) < 4.78 is 5.13. The number of methoxy groups -OCH3 is 1. The Morgan fingerprint density at radius 3 is 2.62 bits per heavy atom. The van der Waals surface area contributed by atoms with E-state index in [4.69, 9.17) is 4.74 Å². The molecule has 0 saturated heterocycles. The van der Waals surface area contributed by atoms with Crippen molar-refractivity contribution >= 4 is 34.0 Å². The summed E-state index contributed by atoms with van der Waals surface area (Å²) in [5, 5.41) is 22.5. The third kappa shape index (κ3) is 4.41. The number of nitrogens with one attached hydrogen (secondary N) is 1. The number of rotatable bonds is 6. The fourth-order valence-electron chi connectivity index (χ4n) is 2.35. The van der Waals surface area contributed by atoms with Crippen LogP contribution in [0.1, 0.15) is 32.8 Å². The zero-order chi connectivity index (χ0) is 19.3. The smallest absolute Gasteiger partial charge is 0.235 e. The van der Waals surface area contributed by atoms with Gasteiger partial charge in [0.05, 0.1) is 23.5 Å². The van der Waals surface area contributed by atoms with Gasteiger partial charge in [-0.3, -0.25) is 4.79 Å². The number of thioether (sulfide) groups is 1. The van der Waals surface area contributed by atoms with E-state index in [2.05, 4.69) is 22.4 Å². The van der Waals surface area contributed by atoms with Crippen molar-refractivity contribution in [1.29, 1.82) is 10.5 Å². The number of anilines is 1. The van der Waals surface area contributed by atoms with Crippen LogP contribution < -0.4 is 5.32 Å². The lowest BCUT2D eigenvalue weighted by atomic mass is 10.1. The standard InChI is InChI=1S/C18H18N4O2S2/c1-10-5-13(8-24-4)15(7-20)17(21-10)25-9-16(23)22-18-14(6-19)11(2)12(3)26-18/h5H,8-9H2,1-4H3,(H,22,23). The van der Waals surface area contributed by atoms with E-state index in [-0.39, 0.29) is 11.7 Å². The number of nitriles is 2. The third-order valence-electron chi connectivity index (χ3n) is 3.70. The number of aromatic nitrogens is 1. The van der Waals surface area contributed by atoms with E-state index in [1.54, 1.807) is 7.11 Å². The highest BCUT2D eigenvalue weighted by Gasteiger charge is 2.17. The lowest BCUT2D eigenvalue weighted by molar-refractivity contribution is -0.113. The van der Waals surface area contributed by atoms with E-state index in [9.17, 15) is 15.3 Å². The summed E-state index contributed by atoms with van der Waals surface area (Å²) in [6.07, 6.45) is 0. The number of hydrogen-bond donors (Lipinski definition) is 1. The molecule has 0 aliphatic rings. The van der Waals surface area contributed by atoms with Gasteiger partial charge in [-0.15, -0.1) is 11.3 Å². The summed E-state index contributed by atoms with van der Waals surface area (Å²) in [6, 6.07) is 6.08. The molecule has 134 valence electrons. The molecule has 0 saturated carbocycles. The van der Waals surface area contributed by atoms with Gasteiger partial charge in [-0.05, 0) is 38.0 Å². The molecule has 0 bridgehead atoms. The van der Waals surface area contributed by atoms with Crippen molar-refractivity contribution in [3.8, 4) is 12.1 Å². The first-order valence-corrected chi connectivity index (χ1v) is 9.53. The van der Waals surface area contributed by atoms with Gasteiger partial charge in [0.15, 0.2) is 0 Å². The van der Waals surface area contributed by atoms with Crippen molar-refractivity contribution in [3.63, 3.8) is 0 Å². The van der Waals surface area contributed by atoms with Crippen LogP contribution in [0.3, 0.4) is 0 Å². The molecule has 2 aromatic rings. The van der Waals surface area contributed by atoms with Crippen molar-refractivity contribution in [2.75, 3.05) is 18.2 Å². The number of aryl methyl sites for hydroxylation is 2. The van der Waals surface area contributed by atoms with E-state index >= 15 is 0 Å². The summed E-state index contributed by atoms with van der Waals surface area (Å²) >= 11 is 2.58. The van der Waals surface area contributed by atoms with Gasteiger partial charge in [0.1, 0.15) is 22.2 Å². The van der Waals surface area contributed by atoms with Gasteiger partial charge in [0.2, 0.25) is 5.91 Å². The zero-order valence-electron chi connectivity index (χ0n) is 15.0. The van der Waals surface area contributed by atoms with Crippen molar-refractivity contribution in [2.45, 2.75) is 32.4 Å². The van der Waals surface area contributed by atoms with Gasteiger partial charge in [-0.2, -0.15) is 10.5 Å². The molecule has 2 heterocycles. The van der Waals surface area contributed by atoms with E-state index in [1.807, 2.05) is 26.8 Å². The molecule has 0 fully saturated rings. The van der Waals surface area contributed by atoms with Crippen molar-refractivity contribution in [3.05, 3.63) is 38.9 Å². The first kappa shape index (κ1) is 19.9. The number of thiophene rings is 1. The highest BCUT2D eigenvalue weighted by atomic mass is 32.2. The molecule has 0 atom stereocenters. The maximum absolute atomic E-state index is 12.3. The molecular weight excluding hydrogens is 368 g/mol. The third-order valence-corrected chi connectivity index (χ3v) is 5.80. The predicted molar refractivity (Wildman–Crippen MR) is 102 cm³/mol. The second-order valence-electron chi connectivity index (χ2n) is 5.58. The van der Waals surface area contributed by atoms with Crippen LogP contribution in [0.15, 0.2) is 11.1 Å². The Hall–Kier alpha value is -2.39. The Morgan fingerprint density at radius 1 is 1.31 bits per heavy atom. The average molecular weight is 387 g/mol. The molecule has 6 nitrogen and oxygen atoms in total. The fraction of sp³-hybridized carbons (Fsp3) is 0.333. The van der Waals surface area contributed by atoms with Crippen LogP contribution in [0.25, 0.3) is 0 Å². The van der Waals surface area contributed by atoms with Crippen molar-refractivity contribution in [2.24, 2.45) is 0 Å². The highest BCUT2D eigenvalue weighted by Crippen LogP contribution is 2.32. The minimum absolute atomic E-state index is 0.0957. The molecule has 2 aromatic heterocycles. The Morgan fingerprint density at radius 2 is 2.00 bits per heavy atom. The Kier molecular flexibility index (Phi) is 6.76. The van der Waals surface area contributed by atoms with Gasteiger partial charge < -0.3 is 10.1 Å². The van der Waals surface area contributed by atoms with Crippen LogP contribution in [0.5, 0.6) is 0 Å². The van der Waals surface area contributed by atoms with Crippen LogP contribution in [-0.2, 0) is 16.1 Å². The maximum atomic E-state index is 12.3. The Labute approximate surface area is 160 Å². The van der Waals surface area contributed by atoms with Gasteiger partial charge in [-0.1, -0.05) is 11.8 Å². The first-order valence-electron chi connectivity index (χ1n) is 7.73. The number of carbonyl (C=O) groups is 1. The molecule has 2 rings (SSSR count). The molecule has 26 heavy (non-hydrogen) atoms. The molecule has 8 heteroatoms. The number of carbonyl (C=O) groups excluding carboxylic acids is 1. The van der Waals surface area contributed by atoms with Crippen LogP contribution in [0.4, 0.5) is 5.00 Å². The lowest BCUT2D eigenvalue weighted by Gasteiger charge is -2.09. The van der Waals surface area contributed by atoms with Gasteiger partial charge in [0.25, 0.3) is 0 Å². The van der Waals surface area contributed by atoms with Gasteiger partial charge in [0, 0.05) is 17.7 Å². The summed E-state index contributed by atoms with van der Waals surface area (Å²) in [5.74, 6) is -0.147. The molecular formula is C18H18N4O2S2. The zero-order valence-corrected chi connectivity index (χ0v) is 16.6. The van der Waals surface area contributed by atoms with Crippen LogP contribution in [-0.4, -0.2) is 23.8 Å². The number of pyridine rings is 1. The highest BCUT2D eigenvalue weighted by molar-refractivity contribution is 8.00. The number of hydrogen-bond acceptors (Lipinski definition) is 7.